The zero-order chi connectivity index (χ0) is 19.9. The molecule has 9 nitrogen and oxygen atoms in total. The first-order chi connectivity index (χ1) is 12.7. The molecule has 11 heteroatoms. The molecule has 0 radical (unpaired) electrons. The van der Waals surface area contributed by atoms with Gasteiger partial charge in [0.05, 0.1) is 17.1 Å². The van der Waals surface area contributed by atoms with Crippen LogP contribution < -0.4 is 5.43 Å². The molecule has 0 aliphatic heterocycles. The van der Waals surface area contributed by atoms with Crippen molar-refractivity contribution in [2.24, 2.45) is 0 Å². The predicted molar refractivity (Wildman–Crippen MR) is 93.8 cm³/mol. The Bertz CT molecular complexity index is 1150. The van der Waals surface area contributed by atoms with Crippen molar-refractivity contribution >= 4 is 34.3 Å². The number of nitro groups is 1. The monoisotopic (exact) mass is 394 g/mol. The number of hydrogen-bond donors (Lipinski definition) is 1. The van der Waals surface area contributed by atoms with Gasteiger partial charge in [-0.2, -0.15) is 0 Å². The van der Waals surface area contributed by atoms with Crippen molar-refractivity contribution in [3.63, 3.8) is 0 Å². The molecule has 0 fully saturated rings. The lowest BCUT2D eigenvalue weighted by Crippen LogP contribution is -2.20. The number of aryl methyl sites for hydroxylation is 2. The van der Waals surface area contributed by atoms with Gasteiger partial charge in [0, 0.05) is 18.5 Å². The highest BCUT2D eigenvalue weighted by molar-refractivity contribution is 6.31. The topological polar surface area (TPSA) is 120 Å². The van der Waals surface area contributed by atoms with Crippen LogP contribution in [-0.2, 0) is 13.1 Å². The third-order valence-corrected chi connectivity index (χ3v) is 4.43. The molecule has 1 N–H and O–H groups in total. The summed E-state index contributed by atoms with van der Waals surface area (Å²) in [4.78, 5) is 38.1. The Morgan fingerprint density at radius 3 is 2.74 bits per heavy atom. The fraction of sp³-hybridized carbons (Fsp3) is 0.188. The number of hydrogen-bond acceptors (Lipinski definition) is 5. The van der Waals surface area contributed by atoms with Crippen molar-refractivity contribution in [3.8, 4) is 0 Å². The number of pyridine rings is 1. The molecular weight excluding hydrogens is 383 g/mol. The zero-order valence-electron chi connectivity index (χ0n) is 13.8. The van der Waals surface area contributed by atoms with E-state index in [4.69, 9.17) is 11.6 Å². The maximum Gasteiger partial charge on any atom is 0.342 e. The number of aromatic carboxylic acids is 1. The molecule has 0 unspecified atom stereocenters. The highest BCUT2D eigenvalue weighted by atomic mass is 35.5. The molecule has 0 atom stereocenters. The third kappa shape index (κ3) is 3.26. The first kappa shape index (κ1) is 18.5. The van der Waals surface area contributed by atoms with E-state index in [1.807, 2.05) is 0 Å². The van der Waals surface area contributed by atoms with Gasteiger partial charge in [0.15, 0.2) is 5.82 Å². The molecule has 0 saturated heterocycles. The van der Waals surface area contributed by atoms with Crippen molar-refractivity contribution in [2.45, 2.75) is 20.0 Å². The number of fused-ring (bicyclic) bond motifs is 1. The Labute approximate surface area is 155 Å². The Kier molecular flexibility index (Phi) is 4.66. The maximum atomic E-state index is 13.8. The minimum atomic E-state index is -1.46. The van der Waals surface area contributed by atoms with E-state index in [-0.39, 0.29) is 34.8 Å². The number of nitrogens with zero attached hydrogens (tertiary/aromatic N) is 4. The second-order valence-electron chi connectivity index (χ2n) is 5.73. The van der Waals surface area contributed by atoms with Crippen LogP contribution in [0, 0.1) is 22.9 Å². The maximum absolute atomic E-state index is 13.8. The Morgan fingerprint density at radius 1 is 1.41 bits per heavy atom. The van der Waals surface area contributed by atoms with Gasteiger partial charge in [-0.05, 0) is 17.1 Å². The number of benzene rings is 1. The molecule has 3 rings (SSSR count). The van der Waals surface area contributed by atoms with Crippen LogP contribution in [0.3, 0.4) is 0 Å². The lowest BCUT2D eigenvalue weighted by atomic mass is 10.1. The molecule has 0 aliphatic rings. The quantitative estimate of drug-likeness (QED) is 0.524. The van der Waals surface area contributed by atoms with Crippen molar-refractivity contribution in [3.05, 3.63) is 67.1 Å². The molecule has 0 bridgehead atoms. The lowest BCUT2D eigenvalue weighted by molar-refractivity contribution is -0.392. The van der Waals surface area contributed by atoms with E-state index in [1.54, 1.807) is 6.92 Å². The van der Waals surface area contributed by atoms with Crippen molar-refractivity contribution in [1.82, 2.24) is 14.1 Å². The largest absolute Gasteiger partial charge is 0.477 e. The SMILES string of the molecule is Cc1ncc([N+](=O)[O-])n1CCn1cc(C(=O)O)c(=O)c2cc(F)c(Cl)cc21. The minimum absolute atomic E-state index is 0.0665. The summed E-state index contributed by atoms with van der Waals surface area (Å²) < 4.78 is 16.5. The van der Waals surface area contributed by atoms with Gasteiger partial charge in [0.1, 0.15) is 24.1 Å². The summed E-state index contributed by atoms with van der Waals surface area (Å²) in [6.45, 7) is 1.73. The first-order valence-corrected chi connectivity index (χ1v) is 8.00. The number of imidazole rings is 1. The highest BCUT2D eigenvalue weighted by Crippen LogP contribution is 2.22. The molecular formula is C16H12ClFN4O5. The Morgan fingerprint density at radius 2 is 2.11 bits per heavy atom. The van der Waals surface area contributed by atoms with Crippen LogP contribution in [0.5, 0.6) is 0 Å². The van der Waals surface area contributed by atoms with E-state index in [0.29, 0.717) is 5.82 Å². The molecule has 2 aromatic heterocycles. The fourth-order valence-electron chi connectivity index (χ4n) is 2.81. The van der Waals surface area contributed by atoms with Crippen LogP contribution >= 0.6 is 11.6 Å². The van der Waals surface area contributed by atoms with Gasteiger partial charge < -0.3 is 19.8 Å². The van der Waals surface area contributed by atoms with Crippen LogP contribution in [0.2, 0.25) is 5.02 Å². The van der Waals surface area contributed by atoms with Crippen molar-refractivity contribution in [1.29, 1.82) is 0 Å². The van der Waals surface area contributed by atoms with Gasteiger partial charge in [-0.3, -0.25) is 4.79 Å². The van der Waals surface area contributed by atoms with Crippen LogP contribution in [-0.4, -0.2) is 30.1 Å². The normalized spacial score (nSPS) is 11.1. The summed E-state index contributed by atoms with van der Waals surface area (Å²) in [5.74, 6) is -2.14. The molecule has 0 spiro atoms. The summed E-state index contributed by atoms with van der Waals surface area (Å²) in [5.41, 5.74) is -1.16. The minimum Gasteiger partial charge on any atom is -0.477 e. The van der Waals surface area contributed by atoms with E-state index in [9.17, 15) is 29.2 Å². The third-order valence-electron chi connectivity index (χ3n) is 4.14. The average molecular weight is 395 g/mol. The van der Waals surface area contributed by atoms with Gasteiger partial charge >= 0.3 is 11.8 Å². The molecule has 3 aromatic rings. The van der Waals surface area contributed by atoms with Gasteiger partial charge in [-0.15, -0.1) is 0 Å². The standard InChI is InChI=1S/C16H12ClFN4O5/c1-8-19-6-14(22(26)27)21(8)3-2-20-7-10(16(24)25)15(23)9-4-12(18)11(17)5-13(9)20/h4-7H,2-3H2,1H3,(H,24,25). The number of rotatable bonds is 5. The summed E-state index contributed by atoms with van der Waals surface area (Å²) in [7, 11) is 0. The zero-order valence-corrected chi connectivity index (χ0v) is 14.6. The van der Waals surface area contributed by atoms with E-state index < -0.39 is 27.7 Å². The number of carbonyl (C=O) groups is 1. The number of carboxylic acid groups (broad SMARTS) is 1. The predicted octanol–water partition coefficient (Wildman–Crippen LogP) is 2.61. The first-order valence-electron chi connectivity index (χ1n) is 7.62. The van der Waals surface area contributed by atoms with Crippen LogP contribution in [0.15, 0.2) is 29.3 Å². The summed E-state index contributed by atoms with van der Waals surface area (Å²) in [6, 6.07) is 2.10. The number of carboxylic acids is 1. The van der Waals surface area contributed by atoms with E-state index in [2.05, 4.69) is 4.98 Å². The molecule has 1 aromatic carbocycles. The van der Waals surface area contributed by atoms with Gasteiger partial charge in [0.2, 0.25) is 5.43 Å². The number of halogens is 2. The van der Waals surface area contributed by atoms with Crippen molar-refractivity contribution in [2.75, 3.05) is 0 Å². The number of aromatic nitrogens is 3. The molecule has 27 heavy (non-hydrogen) atoms. The molecule has 0 aliphatic carbocycles. The van der Waals surface area contributed by atoms with E-state index in [1.165, 1.54) is 15.2 Å². The summed E-state index contributed by atoms with van der Waals surface area (Å²) in [5, 5.41) is 20.0. The summed E-state index contributed by atoms with van der Waals surface area (Å²) >= 11 is 5.79. The molecule has 0 amide bonds. The second-order valence-corrected chi connectivity index (χ2v) is 6.13. The van der Waals surface area contributed by atoms with Crippen LogP contribution in [0.4, 0.5) is 10.2 Å². The fourth-order valence-corrected chi connectivity index (χ4v) is 2.97. The molecule has 0 saturated carbocycles. The highest BCUT2D eigenvalue weighted by Gasteiger charge is 2.20. The van der Waals surface area contributed by atoms with Gasteiger partial charge in [0.25, 0.3) is 0 Å². The Hall–Kier alpha value is -3.27. The van der Waals surface area contributed by atoms with Crippen LogP contribution in [0.1, 0.15) is 16.2 Å². The van der Waals surface area contributed by atoms with Gasteiger partial charge in [-0.1, -0.05) is 11.6 Å². The average Bonchev–Trinajstić information content (AvgIpc) is 2.97. The van der Waals surface area contributed by atoms with Gasteiger partial charge in [-0.25, -0.2) is 18.7 Å². The second kappa shape index (κ2) is 6.80. The smallest absolute Gasteiger partial charge is 0.342 e. The molecule has 140 valence electrons. The van der Waals surface area contributed by atoms with Crippen molar-refractivity contribution < 1.29 is 19.2 Å². The molecule has 2 heterocycles. The van der Waals surface area contributed by atoms with E-state index in [0.717, 1.165) is 18.5 Å². The van der Waals surface area contributed by atoms with E-state index >= 15 is 0 Å². The Balaban J connectivity index is 2.14. The lowest BCUT2D eigenvalue weighted by Gasteiger charge is -2.13. The summed E-state index contributed by atoms with van der Waals surface area (Å²) in [6.07, 6.45) is 2.23. The van der Waals surface area contributed by atoms with Crippen LogP contribution in [0.25, 0.3) is 10.9 Å².